The molecular weight excluding hydrogens is 440 g/mol. The molecule has 0 unspecified atom stereocenters. The Hall–Kier alpha value is -1.91. The molecule has 2 saturated heterocycles. The standard InChI is InChI=1S/C18H28O14/c1-6(21)27-14-10(5-20)31-18(12(25)15(14)28-7(2)22)32-13-9(4-19)30-17(26)16(11(13)24)29-8(3)23/h9-20,24-26H,4-5H2,1-3H3/t9-,10-,11+,12-,13-,14-,15-,16-,17-,18+/m1/s1. The van der Waals surface area contributed by atoms with Crippen LogP contribution in [0.2, 0.25) is 0 Å². The summed E-state index contributed by atoms with van der Waals surface area (Å²) in [5, 5.41) is 50.5. The van der Waals surface area contributed by atoms with Gasteiger partial charge in [-0.1, -0.05) is 0 Å². The zero-order chi connectivity index (χ0) is 24.2. The molecule has 2 aliphatic heterocycles. The van der Waals surface area contributed by atoms with Crippen molar-refractivity contribution in [1.82, 2.24) is 0 Å². The summed E-state index contributed by atoms with van der Waals surface area (Å²) in [5.74, 6) is -2.47. The molecule has 5 N–H and O–H groups in total. The van der Waals surface area contributed by atoms with Crippen LogP contribution in [0.5, 0.6) is 0 Å². The third kappa shape index (κ3) is 6.11. The van der Waals surface area contributed by atoms with E-state index in [1.807, 2.05) is 0 Å². The molecular formula is C18H28O14. The molecule has 32 heavy (non-hydrogen) atoms. The minimum atomic E-state index is -1.78. The predicted octanol–water partition coefficient (Wildman–Crippen LogP) is -3.68. The number of carbonyl (C=O) groups excluding carboxylic acids is 3. The van der Waals surface area contributed by atoms with E-state index in [0.29, 0.717) is 0 Å². The van der Waals surface area contributed by atoms with Crippen molar-refractivity contribution in [3.63, 3.8) is 0 Å². The van der Waals surface area contributed by atoms with Gasteiger partial charge in [0, 0.05) is 20.8 Å². The van der Waals surface area contributed by atoms with Gasteiger partial charge in [0.15, 0.2) is 30.9 Å². The van der Waals surface area contributed by atoms with E-state index in [2.05, 4.69) is 0 Å². The fourth-order valence-corrected chi connectivity index (χ4v) is 3.51. The van der Waals surface area contributed by atoms with Crippen LogP contribution in [-0.4, -0.2) is 118 Å². The first kappa shape index (κ1) is 26.3. The van der Waals surface area contributed by atoms with Gasteiger partial charge in [-0.25, -0.2) is 0 Å². The fraction of sp³-hybridized carbons (Fsp3) is 0.833. The van der Waals surface area contributed by atoms with Crippen LogP contribution in [0.1, 0.15) is 20.8 Å². The Morgan fingerprint density at radius 1 is 0.688 bits per heavy atom. The molecule has 2 heterocycles. The number of esters is 3. The molecule has 2 rings (SSSR count). The van der Waals surface area contributed by atoms with Crippen molar-refractivity contribution in [2.45, 2.75) is 82.2 Å². The normalized spacial score (nSPS) is 39.8. The number of aliphatic hydroxyl groups is 5. The summed E-state index contributed by atoms with van der Waals surface area (Å²) in [4.78, 5) is 34.2. The third-order valence-electron chi connectivity index (χ3n) is 4.81. The molecule has 10 atom stereocenters. The van der Waals surface area contributed by atoms with Crippen molar-refractivity contribution < 1.29 is 68.3 Å². The van der Waals surface area contributed by atoms with E-state index < -0.39 is 92.5 Å². The molecule has 0 aromatic heterocycles. The molecule has 0 aliphatic carbocycles. The Labute approximate surface area is 182 Å². The van der Waals surface area contributed by atoms with Gasteiger partial charge >= 0.3 is 17.9 Å². The molecule has 0 amide bonds. The Kier molecular flexibility index (Phi) is 9.29. The van der Waals surface area contributed by atoms with Crippen LogP contribution in [-0.2, 0) is 42.8 Å². The topological polar surface area (TPSA) is 208 Å². The highest BCUT2D eigenvalue weighted by Crippen LogP contribution is 2.31. The fourth-order valence-electron chi connectivity index (χ4n) is 3.51. The maximum Gasteiger partial charge on any atom is 0.303 e. The Bertz CT molecular complexity index is 670. The van der Waals surface area contributed by atoms with Crippen molar-refractivity contribution in [3.05, 3.63) is 0 Å². The number of hydrogen-bond donors (Lipinski definition) is 5. The lowest BCUT2D eigenvalue weighted by Gasteiger charge is -2.46. The highest BCUT2D eigenvalue weighted by atomic mass is 16.7. The van der Waals surface area contributed by atoms with Crippen LogP contribution in [0.15, 0.2) is 0 Å². The lowest BCUT2D eigenvalue weighted by Crippen LogP contribution is -2.65. The first-order valence-corrected chi connectivity index (χ1v) is 9.74. The first-order chi connectivity index (χ1) is 15.0. The van der Waals surface area contributed by atoms with Crippen LogP contribution >= 0.6 is 0 Å². The molecule has 14 heteroatoms. The molecule has 2 aliphatic rings. The molecule has 2 fully saturated rings. The SMILES string of the molecule is CC(=O)O[C@@H]1[C@@H](O)[C@H](O[C@H]2[C@H](O)[C@@H](OC(C)=O)[C@H](O)O[C@@H]2CO)O[C@H](CO)[C@H]1OC(C)=O. The maximum atomic E-state index is 11.5. The molecule has 0 spiro atoms. The van der Waals surface area contributed by atoms with Crippen molar-refractivity contribution in [2.75, 3.05) is 13.2 Å². The van der Waals surface area contributed by atoms with Gasteiger partial charge in [0.25, 0.3) is 0 Å². The van der Waals surface area contributed by atoms with Gasteiger partial charge in [0.05, 0.1) is 13.2 Å². The number of hydrogen-bond acceptors (Lipinski definition) is 14. The lowest BCUT2D eigenvalue weighted by molar-refractivity contribution is -0.356. The summed E-state index contributed by atoms with van der Waals surface area (Å²) < 4.78 is 31.1. The van der Waals surface area contributed by atoms with E-state index >= 15 is 0 Å². The van der Waals surface area contributed by atoms with E-state index in [0.717, 1.165) is 20.8 Å². The van der Waals surface area contributed by atoms with Gasteiger partial charge in [0.1, 0.15) is 30.5 Å². The Balaban J connectivity index is 2.28. The molecule has 0 saturated carbocycles. The van der Waals surface area contributed by atoms with E-state index in [-0.39, 0.29) is 0 Å². The quantitative estimate of drug-likeness (QED) is 0.180. The monoisotopic (exact) mass is 468 g/mol. The van der Waals surface area contributed by atoms with Gasteiger partial charge in [0.2, 0.25) is 0 Å². The second kappa shape index (κ2) is 11.3. The summed E-state index contributed by atoms with van der Waals surface area (Å²) in [5.41, 5.74) is 0. The average molecular weight is 468 g/mol. The van der Waals surface area contributed by atoms with Crippen LogP contribution in [0.3, 0.4) is 0 Å². The molecule has 0 aromatic carbocycles. The van der Waals surface area contributed by atoms with E-state index in [4.69, 9.17) is 28.4 Å². The minimum Gasteiger partial charge on any atom is -0.456 e. The highest BCUT2D eigenvalue weighted by Gasteiger charge is 2.53. The summed E-state index contributed by atoms with van der Waals surface area (Å²) >= 11 is 0. The summed E-state index contributed by atoms with van der Waals surface area (Å²) in [6, 6.07) is 0. The summed E-state index contributed by atoms with van der Waals surface area (Å²) in [6.07, 6.45) is -15.6. The lowest BCUT2D eigenvalue weighted by atomic mass is 9.96. The summed E-state index contributed by atoms with van der Waals surface area (Å²) in [6.45, 7) is 1.66. The number of carbonyl (C=O) groups is 3. The van der Waals surface area contributed by atoms with Gasteiger partial charge in [-0.05, 0) is 0 Å². The third-order valence-corrected chi connectivity index (χ3v) is 4.81. The van der Waals surface area contributed by atoms with Gasteiger partial charge in [-0.2, -0.15) is 0 Å². The smallest absolute Gasteiger partial charge is 0.303 e. The van der Waals surface area contributed by atoms with E-state index in [1.165, 1.54) is 0 Å². The molecule has 184 valence electrons. The van der Waals surface area contributed by atoms with E-state index in [1.54, 1.807) is 0 Å². The molecule has 0 radical (unpaired) electrons. The predicted molar refractivity (Wildman–Crippen MR) is 97.3 cm³/mol. The van der Waals surface area contributed by atoms with Gasteiger partial charge in [-0.3, -0.25) is 14.4 Å². The second-order valence-electron chi connectivity index (χ2n) is 7.28. The van der Waals surface area contributed by atoms with Crippen molar-refractivity contribution >= 4 is 17.9 Å². The molecule has 14 nitrogen and oxygen atoms in total. The van der Waals surface area contributed by atoms with Crippen molar-refractivity contribution in [3.8, 4) is 0 Å². The van der Waals surface area contributed by atoms with Gasteiger partial charge in [-0.15, -0.1) is 0 Å². The van der Waals surface area contributed by atoms with Crippen LogP contribution in [0.25, 0.3) is 0 Å². The maximum absolute atomic E-state index is 11.5. The first-order valence-electron chi connectivity index (χ1n) is 9.74. The average Bonchev–Trinajstić information content (AvgIpc) is 2.70. The Morgan fingerprint density at radius 2 is 1.16 bits per heavy atom. The summed E-state index contributed by atoms with van der Waals surface area (Å²) in [7, 11) is 0. The number of ether oxygens (including phenoxy) is 6. The zero-order valence-corrected chi connectivity index (χ0v) is 17.6. The van der Waals surface area contributed by atoms with Crippen molar-refractivity contribution in [2.24, 2.45) is 0 Å². The number of rotatable bonds is 7. The van der Waals surface area contributed by atoms with Gasteiger partial charge < -0.3 is 54.0 Å². The highest BCUT2D eigenvalue weighted by molar-refractivity contribution is 5.67. The Morgan fingerprint density at radius 3 is 1.66 bits per heavy atom. The van der Waals surface area contributed by atoms with E-state index in [9.17, 15) is 39.9 Å². The van der Waals surface area contributed by atoms with Crippen LogP contribution in [0.4, 0.5) is 0 Å². The number of aliphatic hydroxyl groups excluding tert-OH is 5. The zero-order valence-electron chi connectivity index (χ0n) is 17.6. The van der Waals surface area contributed by atoms with Crippen LogP contribution in [0, 0.1) is 0 Å². The largest absolute Gasteiger partial charge is 0.456 e. The molecule has 0 bridgehead atoms. The molecule has 0 aromatic rings. The second-order valence-corrected chi connectivity index (χ2v) is 7.28. The van der Waals surface area contributed by atoms with Crippen LogP contribution < -0.4 is 0 Å². The minimum absolute atomic E-state index is 0.732. The van der Waals surface area contributed by atoms with Crippen molar-refractivity contribution in [1.29, 1.82) is 0 Å².